The third kappa shape index (κ3) is 4.07. The van der Waals surface area contributed by atoms with Gasteiger partial charge < -0.3 is 10.4 Å². The summed E-state index contributed by atoms with van der Waals surface area (Å²) in [7, 11) is 0. The van der Waals surface area contributed by atoms with Crippen molar-refractivity contribution in [2.24, 2.45) is 0 Å². The van der Waals surface area contributed by atoms with Gasteiger partial charge in [0.2, 0.25) is 5.91 Å². The molecule has 2 rings (SSSR count). The molecule has 0 aliphatic heterocycles. The smallest absolute Gasteiger partial charge is 0.223 e. The Kier molecular flexibility index (Phi) is 5.98. The largest absolute Gasteiger partial charge is 0.389 e. The van der Waals surface area contributed by atoms with Gasteiger partial charge in [-0.25, -0.2) is 4.98 Å². The van der Waals surface area contributed by atoms with Gasteiger partial charge in [0.1, 0.15) is 5.01 Å². The molecule has 1 fully saturated rings. The first-order valence-electron chi connectivity index (χ1n) is 8.47. The van der Waals surface area contributed by atoms with E-state index in [2.05, 4.69) is 10.3 Å². The lowest BCUT2D eigenvalue weighted by Crippen LogP contribution is -2.46. The van der Waals surface area contributed by atoms with Gasteiger partial charge in [0.05, 0.1) is 17.6 Å². The number of thiazole rings is 1. The highest BCUT2D eigenvalue weighted by Gasteiger charge is 2.40. The molecule has 22 heavy (non-hydrogen) atoms. The topological polar surface area (TPSA) is 62.2 Å². The quantitative estimate of drug-likeness (QED) is 0.765. The van der Waals surface area contributed by atoms with Gasteiger partial charge in [-0.2, -0.15) is 0 Å². The first-order chi connectivity index (χ1) is 10.5. The molecule has 2 N–H and O–H groups in total. The normalized spacial score (nSPS) is 17.6. The lowest BCUT2D eigenvalue weighted by molar-refractivity contribution is -0.128. The molecule has 0 radical (unpaired) electrons. The summed E-state index contributed by atoms with van der Waals surface area (Å²) in [4.78, 5) is 17.0. The van der Waals surface area contributed by atoms with Crippen LogP contribution in [0.15, 0.2) is 11.6 Å². The van der Waals surface area contributed by atoms with Crippen LogP contribution in [0.2, 0.25) is 0 Å². The van der Waals surface area contributed by atoms with Crippen LogP contribution in [0, 0.1) is 0 Å². The maximum Gasteiger partial charge on any atom is 0.223 e. The zero-order valence-corrected chi connectivity index (χ0v) is 14.5. The van der Waals surface area contributed by atoms with Gasteiger partial charge >= 0.3 is 0 Å². The van der Waals surface area contributed by atoms with Crippen LogP contribution in [-0.4, -0.2) is 21.6 Å². The lowest BCUT2D eigenvalue weighted by Gasteiger charge is -2.32. The number of carbonyl (C=O) groups excluding carboxylic acids is 1. The van der Waals surface area contributed by atoms with E-state index in [4.69, 9.17) is 0 Å². The molecular formula is C17H28N2O2S. The van der Waals surface area contributed by atoms with E-state index in [0.29, 0.717) is 12.8 Å². The molecule has 0 aromatic carbocycles. The second kappa shape index (κ2) is 7.55. The van der Waals surface area contributed by atoms with Crippen LogP contribution in [0.5, 0.6) is 0 Å². The van der Waals surface area contributed by atoms with Crippen LogP contribution >= 0.6 is 11.3 Å². The van der Waals surface area contributed by atoms with E-state index in [-0.39, 0.29) is 17.9 Å². The average Bonchev–Trinajstić information content (AvgIpc) is 3.09. The molecular weight excluding hydrogens is 296 g/mol. The Labute approximate surface area is 137 Å². The first kappa shape index (κ1) is 17.4. The third-order valence-electron chi connectivity index (χ3n) is 4.60. The van der Waals surface area contributed by atoms with Gasteiger partial charge in [0.15, 0.2) is 0 Å². The van der Waals surface area contributed by atoms with E-state index in [1.54, 1.807) is 17.5 Å². The minimum absolute atomic E-state index is 0.0403. The standard InChI is InChI=1S/C17H28N2O2S/c1-3-7-16(21,8-4-2)13-14(20)19-17(9-5-6-10-17)15-18-11-12-22-15/h11-12,21H,3-10,13H2,1-2H3,(H,19,20). The summed E-state index contributed by atoms with van der Waals surface area (Å²) in [6.07, 6.45) is 9.28. The van der Waals surface area contributed by atoms with Crippen molar-refractivity contribution in [1.29, 1.82) is 0 Å². The van der Waals surface area contributed by atoms with Crippen LogP contribution in [0.1, 0.15) is 76.6 Å². The summed E-state index contributed by atoms with van der Waals surface area (Å²) in [6, 6.07) is 0. The molecule has 1 aliphatic rings. The van der Waals surface area contributed by atoms with Gasteiger partial charge in [0, 0.05) is 11.6 Å². The van der Waals surface area contributed by atoms with E-state index >= 15 is 0 Å². The highest BCUT2D eigenvalue weighted by molar-refractivity contribution is 7.09. The van der Waals surface area contributed by atoms with Crippen LogP contribution in [-0.2, 0) is 10.3 Å². The van der Waals surface area contributed by atoms with Crippen molar-refractivity contribution in [2.75, 3.05) is 0 Å². The summed E-state index contributed by atoms with van der Waals surface area (Å²) < 4.78 is 0. The van der Waals surface area contributed by atoms with E-state index < -0.39 is 5.60 Å². The molecule has 1 saturated carbocycles. The molecule has 0 atom stereocenters. The van der Waals surface area contributed by atoms with Crippen LogP contribution in [0.3, 0.4) is 0 Å². The molecule has 1 aromatic heterocycles. The van der Waals surface area contributed by atoms with Gasteiger partial charge in [-0.15, -0.1) is 11.3 Å². The second-order valence-electron chi connectivity index (χ2n) is 6.58. The fourth-order valence-electron chi connectivity index (χ4n) is 3.67. The summed E-state index contributed by atoms with van der Waals surface area (Å²) in [5.41, 5.74) is -1.17. The first-order valence-corrected chi connectivity index (χ1v) is 9.35. The number of carbonyl (C=O) groups is 1. The molecule has 1 amide bonds. The maximum atomic E-state index is 12.6. The monoisotopic (exact) mass is 324 g/mol. The van der Waals surface area contributed by atoms with E-state index in [1.807, 2.05) is 19.2 Å². The molecule has 0 spiro atoms. The molecule has 1 heterocycles. The third-order valence-corrected chi connectivity index (χ3v) is 5.58. The van der Waals surface area contributed by atoms with Crippen molar-refractivity contribution in [3.63, 3.8) is 0 Å². The number of aliphatic hydroxyl groups is 1. The SMILES string of the molecule is CCCC(O)(CCC)CC(=O)NC1(c2nccs2)CCCC1. The number of hydrogen-bond donors (Lipinski definition) is 2. The van der Waals surface area contributed by atoms with E-state index in [0.717, 1.165) is 43.5 Å². The van der Waals surface area contributed by atoms with Gasteiger partial charge in [-0.05, 0) is 25.7 Å². The van der Waals surface area contributed by atoms with Crippen molar-refractivity contribution < 1.29 is 9.90 Å². The molecule has 1 aliphatic carbocycles. The zero-order chi connectivity index (χ0) is 16.1. The fourth-order valence-corrected chi connectivity index (χ4v) is 4.53. The Hall–Kier alpha value is -0.940. The summed E-state index contributed by atoms with van der Waals surface area (Å²) in [6.45, 7) is 4.10. The van der Waals surface area contributed by atoms with Crippen molar-refractivity contribution in [1.82, 2.24) is 10.3 Å². The zero-order valence-electron chi connectivity index (χ0n) is 13.7. The molecule has 124 valence electrons. The van der Waals surface area contributed by atoms with Crippen LogP contribution in [0.25, 0.3) is 0 Å². The van der Waals surface area contributed by atoms with E-state index in [9.17, 15) is 9.90 Å². The minimum atomic E-state index is -0.865. The number of nitrogens with zero attached hydrogens (tertiary/aromatic N) is 1. The molecule has 4 nitrogen and oxygen atoms in total. The molecule has 1 aromatic rings. The Morgan fingerprint density at radius 3 is 2.50 bits per heavy atom. The number of aromatic nitrogens is 1. The van der Waals surface area contributed by atoms with Crippen molar-refractivity contribution in [2.45, 2.75) is 82.8 Å². The number of hydrogen-bond acceptors (Lipinski definition) is 4. The summed E-state index contributed by atoms with van der Waals surface area (Å²) in [5, 5.41) is 16.9. The molecule has 5 heteroatoms. The second-order valence-corrected chi connectivity index (χ2v) is 7.47. The Balaban J connectivity index is 2.06. The predicted molar refractivity (Wildman–Crippen MR) is 89.8 cm³/mol. The van der Waals surface area contributed by atoms with Crippen molar-refractivity contribution in [3.05, 3.63) is 16.6 Å². The van der Waals surface area contributed by atoms with Crippen LogP contribution in [0.4, 0.5) is 0 Å². The number of nitrogens with one attached hydrogen (secondary N) is 1. The highest BCUT2D eigenvalue weighted by atomic mass is 32.1. The molecule has 0 unspecified atom stereocenters. The van der Waals surface area contributed by atoms with E-state index in [1.165, 1.54) is 0 Å². The van der Waals surface area contributed by atoms with Crippen molar-refractivity contribution in [3.8, 4) is 0 Å². The Morgan fingerprint density at radius 2 is 2.00 bits per heavy atom. The maximum absolute atomic E-state index is 12.6. The average molecular weight is 324 g/mol. The molecule has 0 saturated heterocycles. The minimum Gasteiger partial charge on any atom is -0.389 e. The Morgan fingerprint density at radius 1 is 1.36 bits per heavy atom. The number of rotatable bonds is 8. The predicted octanol–water partition coefficient (Wildman–Crippen LogP) is 3.75. The van der Waals surface area contributed by atoms with Crippen molar-refractivity contribution >= 4 is 17.2 Å². The van der Waals surface area contributed by atoms with Gasteiger partial charge in [0.25, 0.3) is 0 Å². The highest BCUT2D eigenvalue weighted by Crippen LogP contribution is 2.40. The van der Waals surface area contributed by atoms with Crippen LogP contribution < -0.4 is 5.32 Å². The summed E-state index contributed by atoms with van der Waals surface area (Å²) in [5.74, 6) is -0.0403. The fraction of sp³-hybridized carbons (Fsp3) is 0.765. The van der Waals surface area contributed by atoms with Gasteiger partial charge in [-0.1, -0.05) is 39.5 Å². The molecule has 0 bridgehead atoms. The Bertz CT molecular complexity index is 461. The number of amides is 1. The van der Waals surface area contributed by atoms with Gasteiger partial charge in [-0.3, -0.25) is 4.79 Å². The lowest BCUT2D eigenvalue weighted by atomic mass is 9.88. The summed E-state index contributed by atoms with van der Waals surface area (Å²) >= 11 is 1.61.